The molecule has 22 heavy (non-hydrogen) atoms. The van der Waals surface area contributed by atoms with Crippen molar-refractivity contribution >= 4 is 5.97 Å². The van der Waals surface area contributed by atoms with Crippen molar-refractivity contribution in [3.8, 4) is 5.75 Å². The fourth-order valence-electron chi connectivity index (χ4n) is 3.62. The number of alkyl halides is 3. The highest BCUT2D eigenvalue weighted by atomic mass is 19.4. The van der Waals surface area contributed by atoms with Crippen LogP contribution in [0.5, 0.6) is 5.75 Å². The standard InChI is InChI=1S/C15H16F3NO3/c16-15(17,18)22-11-4-1-9(2-5-11)8-19-10-3-6-13(19)12(7-10)14(20)21/h1-2,4-5,10,12-13H,3,6-8H2,(H,20,21). The van der Waals surface area contributed by atoms with Gasteiger partial charge >= 0.3 is 12.3 Å². The molecule has 0 aliphatic carbocycles. The Kier molecular flexibility index (Phi) is 3.76. The van der Waals surface area contributed by atoms with E-state index in [9.17, 15) is 23.1 Å². The number of hydrogen-bond donors (Lipinski definition) is 1. The summed E-state index contributed by atoms with van der Waals surface area (Å²) in [7, 11) is 0. The molecule has 120 valence electrons. The second-order valence-corrected chi connectivity index (χ2v) is 5.84. The summed E-state index contributed by atoms with van der Waals surface area (Å²) < 4.78 is 40.2. The predicted octanol–water partition coefficient (Wildman–Crippen LogP) is 3.02. The summed E-state index contributed by atoms with van der Waals surface area (Å²) >= 11 is 0. The molecule has 3 rings (SSSR count). The third kappa shape index (κ3) is 3.04. The number of aliphatic carboxylic acids is 1. The van der Waals surface area contributed by atoms with Crippen LogP contribution in [0.4, 0.5) is 13.2 Å². The summed E-state index contributed by atoms with van der Waals surface area (Å²) in [4.78, 5) is 13.4. The van der Waals surface area contributed by atoms with Crippen molar-refractivity contribution < 1.29 is 27.8 Å². The van der Waals surface area contributed by atoms with Crippen LogP contribution in [0.2, 0.25) is 0 Å². The molecular weight excluding hydrogens is 299 g/mol. The Bertz CT molecular complexity index is 558. The molecular formula is C15H16F3NO3. The van der Waals surface area contributed by atoms with Crippen LogP contribution in [0.3, 0.4) is 0 Å². The van der Waals surface area contributed by atoms with E-state index in [1.165, 1.54) is 12.1 Å². The van der Waals surface area contributed by atoms with Crippen LogP contribution in [0.15, 0.2) is 24.3 Å². The van der Waals surface area contributed by atoms with Gasteiger partial charge in [0.1, 0.15) is 5.75 Å². The lowest BCUT2D eigenvalue weighted by atomic mass is 9.89. The maximum absolute atomic E-state index is 12.1. The van der Waals surface area contributed by atoms with Gasteiger partial charge in [0.05, 0.1) is 5.92 Å². The molecule has 2 bridgehead atoms. The summed E-state index contributed by atoms with van der Waals surface area (Å²) in [5, 5.41) is 9.21. The summed E-state index contributed by atoms with van der Waals surface area (Å²) in [6.07, 6.45) is -2.17. The summed E-state index contributed by atoms with van der Waals surface area (Å²) in [5.41, 5.74) is 0.859. The minimum absolute atomic E-state index is 0.0357. The zero-order chi connectivity index (χ0) is 15.9. The van der Waals surface area contributed by atoms with Crippen LogP contribution < -0.4 is 4.74 Å². The van der Waals surface area contributed by atoms with Crippen molar-refractivity contribution in [2.45, 2.75) is 44.3 Å². The first-order valence-corrected chi connectivity index (χ1v) is 7.17. The molecule has 2 aliphatic heterocycles. The molecule has 0 radical (unpaired) electrons. The van der Waals surface area contributed by atoms with Gasteiger partial charge in [-0.3, -0.25) is 9.69 Å². The number of halogens is 3. The van der Waals surface area contributed by atoms with E-state index in [2.05, 4.69) is 9.64 Å². The van der Waals surface area contributed by atoms with Crippen LogP contribution >= 0.6 is 0 Å². The smallest absolute Gasteiger partial charge is 0.481 e. The number of fused-ring (bicyclic) bond motifs is 2. The van der Waals surface area contributed by atoms with Crippen molar-refractivity contribution in [2.75, 3.05) is 0 Å². The van der Waals surface area contributed by atoms with E-state index in [4.69, 9.17) is 0 Å². The van der Waals surface area contributed by atoms with Crippen LogP contribution in [-0.4, -0.2) is 34.4 Å². The van der Waals surface area contributed by atoms with Crippen molar-refractivity contribution in [3.63, 3.8) is 0 Å². The number of hydrogen-bond acceptors (Lipinski definition) is 3. The van der Waals surface area contributed by atoms with Gasteiger partial charge in [-0.1, -0.05) is 12.1 Å². The van der Waals surface area contributed by atoms with Crippen molar-refractivity contribution in [1.82, 2.24) is 4.90 Å². The van der Waals surface area contributed by atoms with Crippen molar-refractivity contribution in [2.24, 2.45) is 5.92 Å². The molecule has 3 atom stereocenters. The summed E-state index contributed by atoms with van der Waals surface area (Å²) in [6, 6.07) is 6.06. The van der Waals surface area contributed by atoms with E-state index < -0.39 is 12.3 Å². The lowest BCUT2D eigenvalue weighted by Crippen LogP contribution is -2.32. The Balaban J connectivity index is 1.66. The minimum atomic E-state index is -4.69. The average Bonchev–Trinajstić information content (AvgIpc) is 2.96. The molecule has 3 unspecified atom stereocenters. The highest BCUT2D eigenvalue weighted by Gasteiger charge is 2.48. The molecule has 1 N–H and O–H groups in total. The molecule has 0 aromatic heterocycles. The molecule has 2 fully saturated rings. The molecule has 2 saturated heterocycles. The molecule has 1 aromatic rings. The lowest BCUT2D eigenvalue weighted by Gasteiger charge is -2.22. The van der Waals surface area contributed by atoms with Gasteiger partial charge in [0.25, 0.3) is 0 Å². The summed E-state index contributed by atoms with van der Waals surface area (Å²) in [6.45, 7) is 0.561. The highest BCUT2D eigenvalue weighted by Crippen LogP contribution is 2.42. The molecule has 0 spiro atoms. The van der Waals surface area contributed by atoms with Crippen LogP contribution in [0.25, 0.3) is 0 Å². The Morgan fingerprint density at radius 3 is 2.50 bits per heavy atom. The number of rotatable bonds is 4. The maximum atomic E-state index is 12.1. The van der Waals surface area contributed by atoms with Crippen molar-refractivity contribution in [1.29, 1.82) is 0 Å². The van der Waals surface area contributed by atoms with Gasteiger partial charge in [-0.2, -0.15) is 0 Å². The molecule has 1 aromatic carbocycles. The third-order valence-corrected chi connectivity index (χ3v) is 4.52. The minimum Gasteiger partial charge on any atom is -0.481 e. The van der Waals surface area contributed by atoms with Gasteiger partial charge in [-0.05, 0) is 37.0 Å². The number of benzene rings is 1. The lowest BCUT2D eigenvalue weighted by molar-refractivity contribution is -0.274. The Morgan fingerprint density at radius 1 is 1.27 bits per heavy atom. The zero-order valence-corrected chi connectivity index (χ0v) is 11.7. The van der Waals surface area contributed by atoms with Crippen LogP contribution in [0, 0.1) is 5.92 Å². The number of carboxylic acids is 1. The average molecular weight is 315 g/mol. The number of carbonyl (C=O) groups is 1. The Morgan fingerprint density at radius 2 is 1.95 bits per heavy atom. The van der Waals surface area contributed by atoms with E-state index in [1.807, 2.05) is 0 Å². The van der Waals surface area contributed by atoms with E-state index in [1.54, 1.807) is 12.1 Å². The molecule has 2 heterocycles. The normalized spacial score (nSPS) is 28.0. The van der Waals surface area contributed by atoms with Crippen LogP contribution in [-0.2, 0) is 11.3 Å². The topological polar surface area (TPSA) is 49.8 Å². The monoisotopic (exact) mass is 315 g/mol. The van der Waals surface area contributed by atoms with Gasteiger partial charge in [-0.15, -0.1) is 13.2 Å². The number of carboxylic acid groups (broad SMARTS) is 1. The Labute approximate surface area is 125 Å². The van der Waals surface area contributed by atoms with Crippen LogP contribution in [0.1, 0.15) is 24.8 Å². The number of ether oxygens (including phenoxy) is 1. The molecule has 7 heteroatoms. The molecule has 4 nitrogen and oxygen atoms in total. The van der Waals surface area contributed by atoms with Gasteiger partial charge in [-0.25, -0.2) is 0 Å². The second-order valence-electron chi connectivity index (χ2n) is 5.84. The number of nitrogens with zero attached hydrogens (tertiary/aromatic N) is 1. The third-order valence-electron chi connectivity index (χ3n) is 4.52. The Hall–Kier alpha value is -1.76. The highest BCUT2D eigenvalue weighted by molar-refractivity contribution is 5.71. The largest absolute Gasteiger partial charge is 0.573 e. The molecule has 0 saturated carbocycles. The van der Waals surface area contributed by atoms with Gasteiger partial charge in [0, 0.05) is 18.6 Å². The maximum Gasteiger partial charge on any atom is 0.573 e. The van der Waals surface area contributed by atoms with E-state index in [0.29, 0.717) is 13.0 Å². The molecule has 0 amide bonds. The predicted molar refractivity (Wildman–Crippen MR) is 71.2 cm³/mol. The van der Waals surface area contributed by atoms with Gasteiger partial charge in [0.15, 0.2) is 0 Å². The van der Waals surface area contributed by atoms with E-state index >= 15 is 0 Å². The first-order chi connectivity index (χ1) is 10.3. The molecule has 2 aliphatic rings. The zero-order valence-electron chi connectivity index (χ0n) is 11.7. The van der Waals surface area contributed by atoms with Crippen molar-refractivity contribution in [3.05, 3.63) is 29.8 Å². The second kappa shape index (κ2) is 5.46. The summed E-state index contributed by atoms with van der Waals surface area (Å²) in [5.74, 6) is -1.33. The first-order valence-electron chi connectivity index (χ1n) is 7.17. The quantitative estimate of drug-likeness (QED) is 0.928. The first kappa shape index (κ1) is 15.1. The van der Waals surface area contributed by atoms with E-state index in [-0.39, 0.29) is 23.8 Å². The van der Waals surface area contributed by atoms with E-state index in [0.717, 1.165) is 18.4 Å². The van der Waals surface area contributed by atoms with Gasteiger partial charge in [0.2, 0.25) is 0 Å². The fraction of sp³-hybridized carbons (Fsp3) is 0.533. The van der Waals surface area contributed by atoms with Gasteiger partial charge < -0.3 is 9.84 Å². The SMILES string of the molecule is O=C(O)C1CC2CCC1N2Cc1ccc(OC(F)(F)F)cc1. The fourth-order valence-corrected chi connectivity index (χ4v) is 3.62.